The summed E-state index contributed by atoms with van der Waals surface area (Å²) in [5.41, 5.74) is -5.23. The smallest absolute Gasteiger partial charge is 0.463 e. The van der Waals surface area contributed by atoms with Crippen molar-refractivity contribution >= 4 is 35.7 Å². The summed E-state index contributed by atoms with van der Waals surface area (Å²) in [7, 11) is 0. The Labute approximate surface area is 357 Å². The second-order valence-corrected chi connectivity index (χ2v) is 16.8. The molecule has 0 saturated heterocycles. The van der Waals surface area contributed by atoms with Gasteiger partial charge in [-0.05, 0) is 113 Å². The first kappa shape index (κ1) is 47.3. The summed E-state index contributed by atoms with van der Waals surface area (Å²) >= 11 is 0. The van der Waals surface area contributed by atoms with Gasteiger partial charge in [-0.1, -0.05) is 38.0 Å². The van der Waals surface area contributed by atoms with Crippen LogP contribution in [0.4, 0.5) is 9.18 Å². The number of aliphatic hydroxyl groups excluding tert-OH is 1. The summed E-state index contributed by atoms with van der Waals surface area (Å²) in [5.74, 6) is -4.48. The van der Waals surface area contributed by atoms with Crippen molar-refractivity contribution in [1.82, 2.24) is 0 Å². The number of carbonyl (C=O) groups excluding carboxylic acids is 5. The number of carbonyl (C=O) groups is 5. The minimum Gasteiger partial charge on any atom is -0.463 e. The molecule has 4 aliphatic carbocycles. The zero-order valence-corrected chi connectivity index (χ0v) is 35.2. The molecule has 0 radical (unpaired) electrons. The molecule has 2 unspecified atom stereocenters. The van der Waals surface area contributed by atoms with Gasteiger partial charge < -0.3 is 33.7 Å². The highest BCUT2D eigenvalue weighted by Crippen LogP contribution is 2.71. The topological polar surface area (TPSA) is 247 Å². The zero-order chi connectivity index (χ0) is 45.5. The van der Waals surface area contributed by atoms with Crippen LogP contribution in [-0.4, -0.2) is 88.7 Å². The summed E-state index contributed by atoms with van der Waals surface area (Å²) in [6.45, 7) is 5.59. The number of allylic oxidation sites excluding steroid dienone is 4. The maximum absolute atomic E-state index is 17.9. The zero-order valence-electron chi connectivity index (χ0n) is 35.2. The van der Waals surface area contributed by atoms with Crippen LogP contribution in [0.1, 0.15) is 96.1 Å². The molecule has 338 valence electrons. The average Bonchev–Trinajstić information content (AvgIpc) is 3.42. The van der Waals surface area contributed by atoms with Gasteiger partial charge in [0.2, 0.25) is 5.78 Å². The molecule has 0 aliphatic heterocycles. The number of rotatable bonds is 20. The van der Waals surface area contributed by atoms with Crippen LogP contribution in [0.15, 0.2) is 48.1 Å². The van der Waals surface area contributed by atoms with Crippen molar-refractivity contribution in [3.05, 3.63) is 79.4 Å². The van der Waals surface area contributed by atoms with Crippen molar-refractivity contribution in [2.45, 2.75) is 109 Å². The van der Waals surface area contributed by atoms with Crippen molar-refractivity contribution in [2.75, 3.05) is 26.4 Å². The predicted molar refractivity (Wildman–Crippen MR) is 213 cm³/mol. The van der Waals surface area contributed by atoms with E-state index >= 15 is 4.39 Å². The van der Waals surface area contributed by atoms with E-state index in [4.69, 9.17) is 18.9 Å². The van der Waals surface area contributed by atoms with Gasteiger partial charge in [-0.25, -0.2) is 14.0 Å². The monoisotopic (exact) mass is 872 g/mol. The first-order chi connectivity index (χ1) is 29.3. The molecular formula is C43H53FN2O16. The lowest BCUT2D eigenvalue weighted by Gasteiger charge is -2.62. The quantitative estimate of drug-likeness (QED) is 0.0287. The van der Waals surface area contributed by atoms with Gasteiger partial charge >= 0.3 is 18.1 Å². The summed E-state index contributed by atoms with van der Waals surface area (Å²) in [6, 6.07) is 4.61. The highest BCUT2D eigenvalue weighted by atomic mass is 19.1. The van der Waals surface area contributed by atoms with Gasteiger partial charge in [0.25, 0.3) is 10.2 Å². The van der Waals surface area contributed by atoms with E-state index in [2.05, 4.69) is 9.68 Å². The van der Waals surface area contributed by atoms with Crippen LogP contribution in [-0.2, 0) is 43.1 Å². The van der Waals surface area contributed by atoms with E-state index in [0.29, 0.717) is 42.4 Å². The second-order valence-electron chi connectivity index (χ2n) is 16.8. The van der Waals surface area contributed by atoms with Crippen molar-refractivity contribution in [3.63, 3.8) is 0 Å². The van der Waals surface area contributed by atoms with Crippen LogP contribution in [0.2, 0.25) is 0 Å². The summed E-state index contributed by atoms with van der Waals surface area (Å²) in [5, 5.41) is 30.8. The number of Topliss-reactive ketones (excluding diaryl/α,β-unsaturated/α-hetero) is 1. The molecule has 1 aromatic rings. The SMILES string of the molecule is Cc1cc(/C=C/C(=O)OCCCCO[N+](=O)[O-])ccc1OC(=O)OCC(=O)[C@@]1(OC(=O)CCCCCO[N+](=O)[O-])[C@@H](C)CC2C3CCC4=CC(=O)C=C[C@]4(C)[C@@]3(F)[C@@H](O)C[C@@]21C. The van der Waals surface area contributed by atoms with Gasteiger partial charge in [0.1, 0.15) is 5.75 Å². The number of alkyl halides is 1. The lowest BCUT2D eigenvalue weighted by molar-refractivity contribution is -0.757. The largest absolute Gasteiger partial charge is 0.514 e. The standard InChI is InChI=1S/C43H53FN2O16/c1-27-22-29(12-16-37(50)57-19-8-9-21-60-46(55)56)11-15-34(27)61-39(52)58-26-36(49)43(62-38(51)10-6-5-7-20-59-45(53)54)28(2)23-33-32-14-13-30-24-31(47)17-18-40(30,3)42(32,44)35(48)25-41(33,43)4/h11-12,15-18,22,24,28,32-33,35,48H,5-10,13-14,19-21,23,25-26H2,1-4H3/b16-12+/t28-,32?,33?,35-,40-,41-,42-,43-/m0/s1. The number of fused-ring (bicyclic) bond motifs is 5. The normalized spacial score (nSPS) is 29.6. The molecular weight excluding hydrogens is 819 g/mol. The van der Waals surface area contributed by atoms with Crippen molar-refractivity contribution in [3.8, 4) is 5.75 Å². The fraction of sp³-hybridized carbons (Fsp3) is 0.605. The predicted octanol–water partition coefficient (Wildman–Crippen LogP) is 6.29. The molecule has 0 spiro atoms. The first-order valence-corrected chi connectivity index (χ1v) is 20.7. The van der Waals surface area contributed by atoms with E-state index < -0.39 is 86.6 Å². The highest BCUT2D eigenvalue weighted by molar-refractivity contribution is 6.01. The van der Waals surface area contributed by atoms with E-state index in [1.807, 2.05) is 0 Å². The average molecular weight is 873 g/mol. The fourth-order valence-corrected chi connectivity index (χ4v) is 10.3. The number of esters is 2. The third-order valence-corrected chi connectivity index (χ3v) is 13.2. The molecule has 0 bridgehead atoms. The van der Waals surface area contributed by atoms with Gasteiger partial charge in [0.05, 0.1) is 25.9 Å². The number of aryl methyl sites for hydroxylation is 1. The molecule has 0 amide bonds. The summed E-state index contributed by atoms with van der Waals surface area (Å²) in [4.78, 5) is 95.0. The number of ketones is 2. The number of nitrogens with zero attached hydrogens (tertiary/aromatic N) is 2. The minimum atomic E-state index is -2.22. The van der Waals surface area contributed by atoms with Crippen LogP contribution < -0.4 is 4.74 Å². The number of aliphatic hydroxyl groups is 1. The Balaban J connectivity index is 1.29. The van der Waals surface area contributed by atoms with Gasteiger partial charge in [-0.2, -0.15) is 0 Å². The van der Waals surface area contributed by atoms with E-state index in [9.17, 15) is 49.3 Å². The van der Waals surface area contributed by atoms with Gasteiger partial charge in [0.15, 0.2) is 23.7 Å². The Hall–Kier alpha value is -5.72. The van der Waals surface area contributed by atoms with Crippen LogP contribution in [0, 0.1) is 55.7 Å². The molecule has 18 nitrogen and oxygen atoms in total. The van der Waals surface area contributed by atoms with Crippen molar-refractivity contribution in [1.29, 1.82) is 0 Å². The molecule has 4 aliphatic rings. The summed E-state index contributed by atoms with van der Waals surface area (Å²) in [6.07, 6.45) is 6.04. The van der Waals surface area contributed by atoms with E-state index in [-0.39, 0.29) is 69.9 Å². The maximum atomic E-state index is 17.9. The Bertz CT molecular complexity index is 2020. The molecule has 62 heavy (non-hydrogen) atoms. The number of unbranched alkanes of at least 4 members (excludes halogenated alkanes) is 3. The number of hydrogen-bond acceptors (Lipinski definition) is 16. The second kappa shape index (κ2) is 19.5. The fourth-order valence-electron chi connectivity index (χ4n) is 10.3. The van der Waals surface area contributed by atoms with Crippen LogP contribution >= 0.6 is 0 Å². The third-order valence-electron chi connectivity index (χ3n) is 13.2. The molecule has 8 atom stereocenters. The van der Waals surface area contributed by atoms with E-state index in [0.717, 1.165) is 0 Å². The van der Waals surface area contributed by atoms with Gasteiger partial charge in [0, 0.05) is 35.2 Å². The number of ether oxygens (including phenoxy) is 4. The number of benzene rings is 1. The van der Waals surface area contributed by atoms with Crippen LogP contribution in [0.5, 0.6) is 5.75 Å². The van der Waals surface area contributed by atoms with Crippen molar-refractivity contribution < 1.29 is 72.3 Å². The number of halogens is 1. The Morgan fingerprint density at radius 2 is 1.65 bits per heavy atom. The molecule has 1 aromatic carbocycles. The maximum Gasteiger partial charge on any atom is 0.514 e. The summed E-state index contributed by atoms with van der Waals surface area (Å²) < 4.78 is 40.0. The highest BCUT2D eigenvalue weighted by Gasteiger charge is 2.77. The molecule has 0 aromatic heterocycles. The Kier molecular flexibility index (Phi) is 14.9. The Morgan fingerprint density at radius 1 is 0.968 bits per heavy atom. The van der Waals surface area contributed by atoms with Crippen LogP contribution in [0.3, 0.4) is 0 Å². The molecule has 0 heterocycles. The molecule has 3 fully saturated rings. The molecule has 1 N–H and O–H groups in total. The van der Waals surface area contributed by atoms with Crippen molar-refractivity contribution in [2.24, 2.45) is 28.6 Å². The third kappa shape index (κ3) is 9.66. The molecule has 3 saturated carbocycles. The lowest BCUT2D eigenvalue weighted by atomic mass is 9.44. The Morgan fingerprint density at radius 3 is 2.32 bits per heavy atom. The van der Waals surface area contributed by atoms with E-state index in [1.54, 1.807) is 39.8 Å². The van der Waals surface area contributed by atoms with Gasteiger partial charge in [-0.15, -0.1) is 20.2 Å². The molecule has 5 rings (SSSR count). The van der Waals surface area contributed by atoms with Crippen LogP contribution in [0.25, 0.3) is 6.08 Å². The lowest BCUT2D eigenvalue weighted by Crippen LogP contribution is -2.70. The first-order valence-electron chi connectivity index (χ1n) is 20.7. The number of hydrogen-bond donors (Lipinski definition) is 1. The molecule has 19 heteroatoms. The van der Waals surface area contributed by atoms with E-state index in [1.165, 1.54) is 36.4 Å². The minimum absolute atomic E-state index is 0.0370. The van der Waals surface area contributed by atoms with Gasteiger partial charge in [-0.3, -0.25) is 14.4 Å².